The smallest absolute Gasteiger partial charge is 0.229 e. The SMILES string of the molecule is CC(C)(C)c1nnc(Cl)n1-c1ccc(F)c(F)c1. The van der Waals surface area contributed by atoms with Crippen LogP contribution in [0.25, 0.3) is 5.69 Å². The summed E-state index contributed by atoms with van der Waals surface area (Å²) >= 11 is 5.95. The molecule has 18 heavy (non-hydrogen) atoms. The van der Waals surface area contributed by atoms with E-state index in [1.807, 2.05) is 20.8 Å². The van der Waals surface area contributed by atoms with Gasteiger partial charge in [0.1, 0.15) is 5.82 Å². The van der Waals surface area contributed by atoms with Crippen LogP contribution in [0.5, 0.6) is 0 Å². The molecule has 0 amide bonds. The molecule has 1 aromatic heterocycles. The molecule has 2 rings (SSSR count). The van der Waals surface area contributed by atoms with Crippen LogP contribution in [0.15, 0.2) is 18.2 Å². The van der Waals surface area contributed by atoms with Crippen LogP contribution in [0, 0.1) is 11.6 Å². The fourth-order valence-electron chi connectivity index (χ4n) is 1.60. The first-order valence-corrected chi connectivity index (χ1v) is 5.75. The van der Waals surface area contributed by atoms with Crippen LogP contribution in [0.2, 0.25) is 5.28 Å². The first-order chi connectivity index (χ1) is 8.30. The van der Waals surface area contributed by atoms with Crippen LogP contribution in [0.4, 0.5) is 8.78 Å². The van der Waals surface area contributed by atoms with Gasteiger partial charge in [-0.3, -0.25) is 4.57 Å². The highest BCUT2D eigenvalue weighted by atomic mass is 35.5. The third kappa shape index (κ3) is 2.22. The third-order valence-electron chi connectivity index (χ3n) is 2.46. The molecule has 0 spiro atoms. The van der Waals surface area contributed by atoms with Gasteiger partial charge in [-0.05, 0) is 23.7 Å². The monoisotopic (exact) mass is 271 g/mol. The van der Waals surface area contributed by atoms with Crippen LogP contribution in [0.1, 0.15) is 26.6 Å². The molecule has 0 unspecified atom stereocenters. The Balaban J connectivity index is 2.63. The van der Waals surface area contributed by atoms with Gasteiger partial charge in [0.25, 0.3) is 0 Å². The van der Waals surface area contributed by atoms with Crippen molar-refractivity contribution in [2.45, 2.75) is 26.2 Å². The molecule has 0 aliphatic rings. The highest BCUT2D eigenvalue weighted by Crippen LogP contribution is 2.27. The van der Waals surface area contributed by atoms with Crippen molar-refractivity contribution in [2.24, 2.45) is 0 Å². The van der Waals surface area contributed by atoms with E-state index in [0.29, 0.717) is 11.5 Å². The van der Waals surface area contributed by atoms with Crippen LogP contribution in [-0.2, 0) is 5.41 Å². The Morgan fingerprint density at radius 1 is 1.11 bits per heavy atom. The largest absolute Gasteiger partial charge is 0.269 e. The van der Waals surface area contributed by atoms with Gasteiger partial charge in [0.15, 0.2) is 11.6 Å². The second-order valence-corrected chi connectivity index (χ2v) is 5.31. The maximum atomic E-state index is 13.3. The molecule has 0 atom stereocenters. The molecule has 3 nitrogen and oxygen atoms in total. The summed E-state index contributed by atoms with van der Waals surface area (Å²) in [5, 5.41) is 7.87. The number of hydrogen-bond acceptors (Lipinski definition) is 2. The van der Waals surface area contributed by atoms with E-state index in [1.165, 1.54) is 10.6 Å². The molecule has 1 heterocycles. The number of nitrogens with zero attached hydrogens (tertiary/aromatic N) is 3. The van der Waals surface area contributed by atoms with E-state index >= 15 is 0 Å². The van der Waals surface area contributed by atoms with Crippen LogP contribution < -0.4 is 0 Å². The van der Waals surface area contributed by atoms with E-state index in [0.717, 1.165) is 12.1 Å². The molecule has 0 aliphatic heterocycles. The number of hydrogen-bond donors (Lipinski definition) is 0. The van der Waals surface area contributed by atoms with Gasteiger partial charge in [0.2, 0.25) is 5.28 Å². The van der Waals surface area contributed by atoms with Gasteiger partial charge in [-0.2, -0.15) is 0 Å². The molecule has 0 N–H and O–H groups in total. The fourth-order valence-corrected chi connectivity index (χ4v) is 1.82. The Hall–Kier alpha value is -1.49. The molecule has 0 bridgehead atoms. The van der Waals surface area contributed by atoms with E-state index in [1.54, 1.807) is 0 Å². The standard InChI is InChI=1S/C12H12ClF2N3/c1-12(2,3)10-16-17-11(13)18(10)7-4-5-8(14)9(15)6-7/h4-6H,1-3H3. The van der Waals surface area contributed by atoms with Crippen LogP contribution in [0.3, 0.4) is 0 Å². The Bertz CT molecular complexity index is 587. The lowest BCUT2D eigenvalue weighted by atomic mass is 9.95. The van der Waals surface area contributed by atoms with Crippen LogP contribution >= 0.6 is 11.6 Å². The minimum Gasteiger partial charge on any atom is -0.269 e. The lowest BCUT2D eigenvalue weighted by Gasteiger charge is -2.19. The van der Waals surface area contributed by atoms with Crippen molar-refractivity contribution in [3.05, 3.63) is 40.9 Å². The van der Waals surface area contributed by atoms with Gasteiger partial charge >= 0.3 is 0 Å². The van der Waals surface area contributed by atoms with E-state index in [4.69, 9.17) is 11.6 Å². The Kier molecular flexibility index (Phi) is 3.11. The number of halogens is 3. The summed E-state index contributed by atoms with van der Waals surface area (Å²) < 4.78 is 27.7. The molecule has 0 aliphatic carbocycles. The molecule has 2 aromatic rings. The molecule has 96 valence electrons. The number of aromatic nitrogens is 3. The minimum absolute atomic E-state index is 0.117. The van der Waals surface area contributed by atoms with Crippen molar-refractivity contribution in [2.75, 3.05) is 0 Å². The zero-order chi connectivity index (χ0) is 13.5. The molecule has 6 heteroatoms. The van der Waals surface area contributed by atoms with Crippen molar-refractivity contribution < 1.29 is 8.78 Å². The average molecular weight is 272 g/mol. The highest BCUT2D eigenvalue weighted by Gasteiger charge is 2.24. The van der Waals surface area contributed by atoms with Crippen molar-refractivity contribution in [3.8, 4) is 5.69 Å². The van der Waals surface area contributed by atoms with Crippen molar-refractivity contribution >= 4 is 11.6 Å². The molecule has 1 aromatic carbocycles. The quantitative estimate of drug-likeness (QED) is 0.795. The van der Waals surface area contributed by atoms with E-state index in [9.17, 15) is 8.78 Å². The maximum absolute atomic E-state index is 13.3. The molecular formula is C12H12ClF2N3. The molecule has 0 saturated carbocycles. The Morgan fingerprint density at radius 3 is 2.33 bits per heavy atom. The molecular weight excluding hydrogens is 260 g/mol. The third-order valence-corrected chi connectivity index (χ3v) is 2.70. The van der Waals surface area contributed by atoms with Gasteiger partial charge in [0.05, 0.1) is 5.69 Å². The van der Waals surface area contributed by atoms with E-state index < -0.39 is 11.6 Å². The predicted octanol–water partition coefficient (Wildman–Crippen LogP) is 3.50. The topological polar surface area (TPSA) is 30.7 Å². The number of rotatable bonds is 1. The average Bonchev–Trinajstić information content (AvgIpc) is 2.64. The summed E-state index contributed by atoms with van der Waals surface area (Å²) in [6.45, 7) is 5.80. The summed E-state index contributed by atoms with van der Waals surface area (Å²) in [6, 6.07) is 3.55. The summed E-state index contributed by atoms with van der Waals surface area (Å²) in [7, 11) is 0. The van der Waals surface area contributed by atoms with Crippen LogP contribution in [-0.4, -0.2) is 14.8 Å². The van der Waals surface area contributed by atoms with E-state index in [2.05, 4.69) is 10.2 Å². The lowest BCUT2D eigenvalue weighted by molar-refractivity contribution is 0.505. The first kappa shape index (κ1) is 13.0. The molecule has 0 radical (unpaired) electrons. The predicted molar refractivity (Wildman–Crippen MR) is 65.0 cm³/mol. The minimum atomic E-state index is -0.933. The van der Waals surface area contributed by atoms with Gasteiger partial charge in [0, 0.05) is 11.5 Å². The summed E-state index contributed by atoms with van der Waals surface area (Å²) in [5.41, 5.74) is 0.0826. The Labute approximate surface area is 108 Å². The van der Waals surface area contributed by atoms with Crippen molar-refractivity contribution in [3.63, 3.8) is 0 Å². The Morgan fingerprint density at radius 2 is 1.78 bits per heavy atom. The van der Waals surface area contributed by atoms with Gasteiger partial charge in [-0.15, -0.1) is 10.2 Å². The van der Waals surface area contributed by atoms with Crippen molar-refractivity contribution in [1.29, 1.82) is 0 Å². The van der Waals surface area contributed by atoms with Gasteiger partial charge in [-0.25, -0.2) is 8.78 Å². The first-order valence-electron chi connectivity index (χ1n) is 5.37. The zero-order valence-electron chi connectivity index (χ0n) is 10.2. The fraction of sp³-hybridized carbons (Fsp3) is 0.333. The molecule has 0 saturated heterocycles. The zero-order valence-corrected chi connectivity index (χ0v) is 11.0. The lowest BCUT2D eigenvalue weighted by Crippen LogP contribution is -2.18. The summed E-state index contributed by atoms with van der Waals surface area (Å²) in [4.78, 5) is 0. The normalized spacial score (nSPS) is 11.9. The van der Waals surface area contributed by atoms with Gasteiger partial charge in [-0.1, -0.05) is 20.8 Å². The van der Waals surface area contributed by atoms with E-state index in [-0.39, 0.29) is 10.7 Å². The maximum Gasteiger partial charge on any atom is 0.229 e. The van der Waals surface area contributed by atoms with Gasteiger partial charge < -0.3 is 0 Å². The second-order valence-electron chi connectivity index (χ2n) is 4.98. The summed E-state index contributed by atoms with van der Waals surface area (Å²) in [6.07, 6.45) is 0. The second kappa shape index (κ2) is 4.31. The number of benzene rings is 1. The molecule has 0 fully saturated rings. The van der Waals surface area contributed by atoms with Crippen molar-refractivity contribution in [1.82, 2.24) is 14.8 Å². The highest BCUT2D eigenvalue weighted by molar-refractivity contribution is 6.28. The summed E-state index contributed by atoms with van der Waals surface area (Å²) in [5.74, 6) is -1.25.